The maximum Gasteiger partial charge on any atom is 0.472 e. The fourth-order valence-corrected chi connectivity index (χ4v) is 15.5. The average molecular weight is 1580 g/mol. The minimum atomic E-state index is -4.97. The van der Waals surface area contributed by atoms with E-state index in [0.29, 0.717) is 31.6 Å². The van der Waals surface area contributed by atoms with Gasteiger partial charge in [-0.05, 0) is 37.5 Å². The third-order valence-corrected chi connectivity index (χ3v) is 22.9. The molecule has 0 aromatic heterocycles. The van der Waals surface area contributed by atoms with Crippen LogP contribution in [0.3, 0.4) is 0 Å². The number of aliphatic hydroxyl groups is 1. The molecule has 108 heavy (non-hydrogen) atoms. The highest BCUT2D eigenvalue weighted by atomic mass is 31.2. The van der Waals surface area contributed by atoms with E-state index in [1.165, 1.54) is 289 Å². The van der Waals surface area contributed by atoms with Gasteiger partial charge in [-0.25, -0.2) is 9.13 Å². The van der Waals surface area contributed by atoms with Crippen molar-refractivity contribution in [2.45, 2.75) is 496 Å². The summed E-state index contributed by atoms with van der Waals surface area (Å²) in [6.07, 6.45) is 73.8. The molecule has 0 bridgehead atoms. The van der Waals surface area contributed by atoms with Crippen molar-refractivity contribution in [3.63, 3.8) is 0 Å². The van der Waals surface area contributed by atoms with E-state index in [4.69, 9.17) is 37.0 Å². The summed E-state index contributed by atoms with van der Waals surface area (Å²) in [6, 6.07) is 0. The standard InChI is InChI=1S/C89H174O17P2/c1-7-9-11-13-15-17-19-21-23-25-27-28-29-30-32-36-41-45-49-55-62-67-73-88(93)105-84(77-99-86(91)71-65-59-53-47-43-39-37-33-34-38-42-46-51-57-63-69-81(3)4)79-103-107(95,96)101-75-83(90)76-102-108(97,98)104-80-85(78-100-87(92)72-66-60-56-50-52-58-64-70-82(5)6)106-89(94)74-68-61-54-48-44-40-35-31-26-24-22-20-18-16-14-12-10-8-2/h81-85,90H,7-80H2,1-6H3,(H,95,96)(H,97,98)/t83-,84-,85-/m1/s1. The third-order valence-electron chi connectivity index (χ3n) is 21.0. The summed E-state index contributed by atoms with van der Waals surface area (Å²) in [7, 11) is -9.93. The van der Waals surface area contributed by atoms with Crippen LogP contribution in [0.5, 0.6) is 0 Å². The summed E-state index contributed by atoms with van der Waals surface area (Å²) in [5.41, 5.74) is 0. The van der Waals surface area contributed by atoms with Crippen LogP contribution in [0.4, 0.5) is 0 Å². The lowest BCUT2D eigenvalue weighted by molar-refractivity contribution is -0.161. The van der Waals surface area contributed by atoms with Gasteiger partial charge in [0, 0.05) is 25.7 Å². The van der Waals surface area contributed by atoms with Crippen LogP contribution in [0.25, 0.3) is 0 Å². The zero-order valence-corrected chi connectivity index (χ0v) is 73.0. The van der Waals surface area contributed by atoms with E-state index in [1.54, 1.807) is 0 Å². The number of ether oxygens (including phenoxy) is 4. The molecular formula is C89H174O17P2. The van der Waals surface area contributed by atoms with Gasteiger partial charge in [-0.15, -0.1) is 0 Å². The molecule has 0 aliphatic rings. The molecule has 0 saturated carbocycles. The van der Waals surface area contributed by atoms with Gasteiger partial charge in [0.25, 0.3) is 0 Å². The first kappa shape index (κ1) is 106. The van der Waals surface area contributed by atoms with Crippen LogP contribution in [0.15, 0.2) is 0 Å². The quantitative estimate of drug-likeness (QED) is 0.0222. The molecule has 0 aliphatic heterocycles. The maximum absolute atomic E-state index is 13.2. The van der Waals surface area contributed by atoms with Crippen LogP contribution in [0, 0.1) is 11.8 Å². The number of phosphoric acid groups is 2. The lowest BCUT2D eigenvalue weighted by atomic mass is 10.0. The monoisotopic (exact) mass is 1580 g/mol. The Morgan fingerprint density at radius 1 is 0.250 bits per heavy atom. The van der Waals surface area contributed by atoms with Crippen molar-refractivity contribution < 1.29 is 80.2 Å². The number of rotatable bonds is 88. The molecule has 0 heterocycles. The average Bonchev–Trinajstić information content (AvgIpc) is 0.899. The highest BCUT2D eigenvalue weighted by Gasteiger charge is 2.31. The molecule has 0 aliphatic carbocycles. The van der Waals surface area contributed by atoms with Gasteiger partial charge in [-0.3, -0.25) is 37.3 Å². The smallest absolute Gasteiger partial charge is 0.462 e. The second kappa shape index (κ2) is 80.3. The van der Waals surface area contributed by atoms with Crippen molar-refractivity contribution in [1.29, 1.82) is 0 Å². The van der Waals surface area contributed by atoms with E-state index in [0.717, 1.165) is 102 Å². The van der Waals surface area contributed by atoms with Crippen LogP contribution in [0.1, 0.15) is 478 Å². The van der Waals surface area contributed by atoms with E-state index >= 15 is 0 Å². The van der Waals surface area contributed by atoms with Crippen molar-refractivity contribution >= 4 is 39.5 Å². The van der Waals surface area contributed by atoms with Gasteiger partial charge in [0.1, 0.15) is 19.3 Å². The first-order chi connectivity index (χ1) is 52.4. The molecular weight excluding hydrogens is 1400 g/mol. The zero-order valence-electron chi connectivity index (χ0n) is 71.2. The minimum absolute atomic E-state index is 0.108. The summed E-state index contributed by atoms with van der Waals surface area (Å²) in [5, 5.41) is 10.7. The normalized spacial score (nSPS) is 13.8. The molecule has 0 rings (SSSR count). The molecule has 642 valence electrons. The van der Waals surface area contributed by atoms with E-state index < -0.39 is 97.5 Å². The number of esters is 4. The van der Waals surface area contributed by atoms with Gasteiger partial charge in [-0.2, -0.15) is 0 Å². The Morgan fingerprint density at radius 2 is 0.426 bits per heavy atom. The molecule has 3 N–H and O–H groups in total. The Kier molecular flexibility index (Phi) is 78.8. The molecule has 0 radical (unpaired) electrons. The summed E-state index contributed by atoms with van der Waals surface area (Å²) in [5.74, 6) is -0.589. The van der Waals surface area contributed by atoms with Crippen LogP contribution in [-0.4, -0.2) is 96.7 Å². The van der Waals surface area contributed by atoms with E-state index in [2.05, 4.69) is 41.5 Å². The highest BCUT2D eigenvalue weighted by molar-refractivity contribution is 7.47. The number of hydrogen-bond acceptors (Lipinski definition) is 15. The second-order valence-electron chi connectivity index (χ2n) is 32.9. The van der Waals surface area contributed by atoms with Crippen LogP contribution >= 0.6 is 15.6 Å². The molecule has 0 amide bonds. The molecule has 0 fully saturated rings. The molecule has 0 spiro atoms. The summed E-state index contributed by atoms with van der Waals surface area (Å²) < 4.78 is 69.0. The molecule has 19 heteroatoms. The van der Waals surface area contributed by atoms with Crippen molar-refractivity contribution in [2.24, 2.45) is 11.8 Å². The number of unbranched alkanes of at least 4 members (excludes halogenated alkanes) is 58. The fraction of sp³-hybridized carbons (Fsp3) is 0.955. The minimum Gasteiger partial charge on any atom is -0.462 e. The molecule has 5 atom stereocenters. The van der Waals surface area contributed by atoms with Gasteiger partial charge in [0.15, 0.2) is 12.2 Å². The van der Waals surface area contributed by atoms with Gasteiger partial charge < -0.3 is 33.8 Å². The predicted molar refractivity (Wildman–Crippen MR) is 446 cm³/mol. The Hall–Kier alpha value is -1.94. The number of aliphatic hydroxyl groups excluding tert-OH is 1. The fourth-order valence-electron chi connectivity index (χ4n) is 14.0. The number of hydrogen-bond donors (Lipinski definition) is 3. The summed E-state index contributed by atoms with van der Waals surface area (Å²) >= 11 is 0. The molecule has 2 unspecified atom stereocenters. The first-order valence-corrected chi connectivity index (χ1v) is 49.0. The lowest BCUT2D eigenvalue weighted by Crippen LogP contribution is -2.30. The Bertz CT molecular complexity index is 2060. The Balaban J connectivity index is 5.21. The van der Waals surface area contributed by atoms with E-state index in [1.807, 2.05) is 0 Å². The predicted octanol–water partition coefficient (Wildman–Crippen LogP) is 27.4. The SMILES string of the molecule is CCCCCCCCCCCCCCCCCCCCCCCCC(=O)O[C@H](COC(=O)CCCCCCCCCCCCCCCCCC(C)C)COP(=O)(O)OC[C@@H](O)COP(=O)(O)OC[C@@H](COC(=O)CCCCCCCCCC(C)C)OC(=O)CCCCCCCCCCCCCCCCCCCC. The third kappa shape index (κ3) is 82.1. The molecule has 0 saturated heterocycles. The molecule has 0 aromatic rings. The van der Waals surface area contributed by atoms with Crippen LogP contribution in [-0.2, 0) is 65.4 Å². The number of phosphoric ester groups is 2. The van der Waals surface area contributed by atoms with Crippen LogP contribution in [0.2, 0.25) is 0 Å². The zero-order chi connectivity index (χ0) is 79.2. The van der Waals surface area contributed by atoms with Crippen molar-refractivity contribution in [3.05, 3.63) is 0 Å². The van der Waals surface area contributed by atoms with Gasteiger partial charge in [-0.1, -0.05) is 427 Å². The maximum atomic E-state index is 13.2. The first-order valence-electron chi connectivity index (χ1n) is 46.0. The lowest BCUT2D eigenvalue weighted by Gasteiger charge is -2.21. The summed E-state index contributed by atoms with van der Waals surface area (Å²) in [4.78, 5) is 73.3. The largest absolute Gasteiger partial charge is 0.472 e. The van der Waals surface area contributed by atoms with Crippen LogP contribution < -0.4 is 0 Å². The Morgan fingerprint density at radius 3 is 0.630 bits per heavy atom. The van der Waals surface area contributed by atoms with Gasteiger partial charge in [0.05, 0.1) is 26.4 Å². The topological polar surface area (TPSA) is 237 Å². The van der Waals surface area contributed by atoms with Gasteiger partial charge in [0.2, 0.25) is 0 Å². The Labute approximate surface area is 664 Å². The molecule has 17 nitrogen and oxygen atoms in total. The van der Waals surface area contributed by atoms with Gasteiger partial charge >= 0.3 is 39.5 Å². The van der Waals surface area contributed by atoms with E-state index in [-0.39, 0.29) is 25.7 Å². The molecule has 0 aromatic carbocycles. The van der Waals surface area contributed by atoms with Crippen molar-refractivity contribution in [3.8, 4) is 0 Å². The summed E-state index contributed by atoms with van der Waals surface area (Å²) in [6.45, 7) is 9.66. The highest BCUT2D eigenvalue weighted by Crippen LogP contribution is 2.45. The van der Waals surface area contributed by atoms with Crippen molar-refractivity contribution in [1.82, 2.24) is 0 Å². The number of carbonyl (C=O) groups excluding carboxylic acids is 4. The van der Waals surface area contributed by atoms with E-state index in [9.17, 15) is 43.2 Å². The number of carbonyl (C=O) groups is 4. The van der Waals surface area contributed by atoms with Crippen molar-refractivity contribution in [2.75, 3.05) is 39.6 Å². The second-order valence-corrected chi connectivity index (χ2v) is 35.8.